The molecule has 3 heterocycles. The van der Waals surface area contributed by atoms with Crippen LogP contribution in [0.5, 0.6) is 0 Å². The van der Waals surface area contributed by atoms with Crippen LogP contribution in [0.3, 0.4) is 0 Å². The van der Waals surface area contributed by atoms with Gasteiger partial charge in [-0.25, -0.2) is 0 Å². The van der Waals surface area contributed by atoms with E-state index in [0.717, 1.165) is 50.3 Å². The molecule has 0 bridgehead atoms. The summed E-state index contributed by atoms with van der Waals surface area (Å²) >= 11 is 6.31. The van der Waals surface area contributed by atoms with Gasteiger partial charge in [-0.2, -0.15) is 5.26 Å². The van der Waals surface area contributed by atoms with Crippen LogP contribution in [0.1, 0.15) is 61.9 Å². The van der Waals surface area contributed by atoms with Crippen LogP contribution in [0.15, 0.2) is 24.3 Å². The van der Waals surface area contributed by atoms with Crippen molar-refractivity contribution >= 4 is 40.2 Å². The van der Waals surface area contributed by atoms with Gasteiger partial charge in [-0.05, 0) is 62.5 Å². The number of nitriles is 1. The molecule has 36 heavy (non-hydrogen) atoms. The standard InChI is InChI=1S/C27H30ClN5O3/c28-20-7-3-5-15-11-21(31-22(15)20)26(36)33-14-16-4-1-2-6-19(16)23(33)25(35)30-18(13-29)10-17-12-27(8-9-27)32-24(17)34/h3,5,7,11,16-19,23,31H,1-2,4,6,8-10,12,14H2,(H,30,35)(H,32,34)/t16-,17+,18-,19-,23-/m0/s1. The van der Waals surface area contributed by atoms with Crippen LogP contribution in [-0.4, -0.2) is 51.8 Å². The van der Waals surface area contributed by atoms with E-state index >= 15 is 0 Å². The lowest BCUT2D eigenvalue weighted by atomic mass is 9.78. The molecule has 6 rings (SSSR count). The number of likely N-dealkylation sites (tertiary alicyclic amines) is 1. The number of amides is 3. The molecule has 3 N–H and O–H groups in total. The van der Waals surface area contributed by atoms with E-state index in [4.69, 9.17) is 11.6 Å². The van der Waals surface area contributed by atoms with E-state index in [-0.39, 0.29) is 41.0 Å². The molecule has 5 atom stereocenters. The average molecular weight is 508 g/mol. The van der Waals surface area contributed by atoms with Gasteiger partial charge in [0, 0.05) is 23.4 Å². The third-order valence-corrected chi connectivity index (χ3v) is 9.06. The SMILES string of the molecule is N#C[C@H](C[C@@H]1CC2(CC2)NC1=O)NC(=O)[C@@H]1[C@H]2CCCC[C@H]2CN1C(=O)c1cc2cccc(Cl)c2[nH]1. The highest BCUT2D eigenvalue weighted by molar-refractivity contribution is 6.35. The van der Waals surface area contributed by atoms with Gasteiger partial charge in [0.15, 0.2) is 0 Å². The molecule has 1 aromatic carbocycles. The molecular weight excluding hydrogens is 478 g/mol. The minimum absolute atomic E-state index is 0.0236. The Kier molecular flexibility index (Phi) is 5.71. The number of nitrogens with zero attached hydrogens (tertiary/aromatic N) is 2. The molecule has 4 fully saturated rings. The molecule has 4 aliphatic rings. The second-order valence-corrected chi connectivity index (χ2v) is 11.5. The lowest BCUT2D eigenvalue weighted by molar-refractivity contribution is -0.127. The summed E-state index contributed by atoms with van der Waals surface area (Å²) < 4.78 is 0. The predicted octanol–water partition coefficient (Wildman–Crippen LogP) is 3.52. The number of hydrogen-bond donors (Lipinski definition) is 3. The Bertz CT molecular complexity index is 1280. The third-order valence-electron chi connectivity index (χ3n) is 8.75. The molecule has 2 saturated heterocycles. The van der Waals surface area contributed by atoms with Gasteiger partial charge in [0.25, 0.3) is 5.91 Å². The van der Waals surface area contributed by atoms with E-state index in [9.17, 15) is 19.6 Å². The average Bonchev–Trinajstić information content (AvgIpc) is 3.21. The Morgan fingerprint density at radius 2 is 2.08 bits per heavy atom. The molecule has 9 heteroatoms. The molecule has 0 unspecified atom stereocenters. The number of aromatic nitrogens is 1. The normalized spacial score (nSPS) is 29.0. The number of hydrogen-bond acceptors (Lipinski definition) is 4. The number of carbonyl (C=O) groups is 3. The van der Waals surface area contributed by atoms with Crippen molar-refractivity contribution in [2.24, 2.45) is 17.8 Å². The molecule has 188 valence electrons. The van der Waals surface area contributed by atoms with Gasteiger partial charge in [-0.1, -0.05) is 36.6 Å². The Balaban J connectivity index is 1.22. The van der Waals surface area contributed by atoms with Crippen molar-refractivity contribution in [3.05, 3.63) is 35.0 Å². The lowest BCUT2D eigenvalue weighted by Gasteiger charge is -2.30. The number of benzene rings is 1. The highest BCUT2D eigenvalue weighted by Gasteiger charge is 2.53. The van der Waals surface area contributed by atoms with Crippen LogP contribution in [0, 0.1) is 29.1 Å². The summed E-state index contributed by atoms with van der Waals surface area (Å²) in [6.45, 7) is 0.523. The molecule has 0 radical (unpaired) electrons. The maximum absolute atomic E-state index is 13.7. The summed E-state index contributed by atoms with van der Waals surface area (Å²) in [4.78, 5) is 44.6. The predicted molar refractivity (Wildman–Crippen MR) is 134 cm³/mol. The van der Waals surface area contributed by atoms with Gasteiger partial charge in [0.1, 0.15) is 17.8 Å². The summed E-state index contributed by atoms with van der Waals surface area (Å²) in [5.41, 5.74) is 1.04. The Hall–Kier alpha value is -3.05. The van der Waals surface area contributed by atoms with Crippen molar-refractivity contribution < 1.29 is 14.4 Å². The molecule has 2 aromatic rings. The van der Waals surface area contributed by atoms with Crippen molar-refractivity contribution in [3.63, 3.8) is 0 Å². The summed E-state index contributed by atoms with van der Waals surface area (Å²) in [5.74, 6) is -0.474. The molecule has 1 spiro atoms. The first-order valence-corrected chi connectivity index (χ1v) is 13.4. The fourth-order valence-electron chi connectivity index (χ4n) is 6.75. The second kappa shape index (κ2) is 8.81. The van der Waals surface area contributed by atoms with Crippen molar-refractivity contribution in [3.8, 4) is 6.07 Å². The Morgan fingerprint density at radius 3 is 2.81 bits per heavy atom. The van der Waals surface area contributed by atoms with Crippen LogP contribution in [-0.2, 0) is 9.59 Å². The van der Waals surface area contributed by atoms with E-state index in [1.54, 1.807) is 17.0 Å². The maximum Gasteiger partial charge on any atom is 0.271 e. The van der Waals surface area contributed by atoms with E-state index in [1.165, 1.54) is 0 Å². The summed E-state index contributed by atoms with van der Waals surface area (Å²) in [7, 11) is 0. The van der Waals surface area contributed by atoms with Crippen LogP contribution in [0.4, 0.5) is 0 Å². The first kappa shape index (κ1) is 23.4. The van der Waals surface area contributed by atoms with Crippen molar-refractivity contribution in [1.29, 1.82) is 5.26 Å². The van der Waals surface area contributed by atoms with Gasteiger partial charge in [-0.15, -0.1) is 0 Å². The Labute approximate surface area is 214 Å². The molecule has 8 nitrogen and oxygen atoms in total. The number of para-hydroxylation sites is 1. The molecule has 2 aliphatic heterocycles. The molecule has 1 aromatic heterocycles. The minimum Gasteiger partial charge on any atom is -0.350 e. The third kappa shape index (κ3) is 4.03. The van der Waals surface area contributed by atoms with Gasteiger partial charge < -0.3 is 20.5 Å². The number of halogens is 1. The van der Waals surface area contributed by atoms with Gasteiger partial charge in [0.05, 0.1) is 16.6 Å². The van der Waals surface area contributed by atoms with Crippen molar-refractivity contribution in [1.82, 2.24) is 20.5 Å². The largest absolute Gasteiger partial charge is 0.350 e. The topological polar surface area (TPSA) is 118 Å². The van der Waals surface area contributed by atoms with E-state index in [2.05, 4.69) is 21.7 Å². The van der Waals surface area contributed by atoms with Crippen LogP contribution in [0.2, 0.25) is 5.02 Å². The molecule has 2 aliphatic carbocycles. The van der Waals surface area contributed by atoms with E-state index in [0.29, 0.717) is 29.2 Å². The maximum atomic E-state index is 13.7. The van der Waals surface area contributed by atoms with Crippen LogP contribution < -0.4 is 10.6 Å². The number of fused-ring (bicyclic) bond motifs is 2. The highest BCUT2D eigenvalue weighted by Crippen LogP contribution is 2.46. The number of aromatic amines is 1. The van der Waals surface area contributed by atoms with Crippen LogP contribution in [0.25, 0.3) is 10.9 Å². The minimum atomic E-state index is -0.770. The van der Waals surface area contributed by atoms with Crippen molar-refractivity contribution in [2.45, 2.75) is 69.0 Å². The van der Waals surface area contributed by atoms with Gasteiger partial charge >= 0.3 is 0 Å². The van der Waals surface area contributed by atoms with Crippen molar-refractivity contribution in [2.75, 3.05) is 6.54 Å². The number of rotatable bonds is 5. The number of nitrogens with one attached hydrogen (secondary N) is 3. The zero-order valence-electron chi connectivity index (χ0n) is 20.1. The van der Waals surface area contributed by atoms with E-state index in [1.807, 2.05) is 12.1 Å². The summed E-state index contributed by atoms with van der Waals surface area (Å²) in [6, 6.07) is 8.07. The first-order chi connectivity index (χ1) is 17.4. The van der Waals surface area contributed by atoms with E-state index < -0.39 is 12.1 Å². The zero-order chi connectivity index (χ0) is 25.0. The summed E-state index contributed by atoms with van der Waals surface area (Å²) in [6.07, 6.45) is 6.99. The first-order valence-electron chi connectivity index (χ1n) is 13.0. The van der Waals surface area contributed by atoms with Crippen LogP contribution >= 0.6 is 11.6 Å². The van der Waals surface area contributed by atoms with Gasteiger partial charge in [0.2, 0.25) is 11.8 Å². The summed E-state index contributed by atoms with van der Waals surface area (Å²) in [5, 5.41) is 17.2. The second-order valence-electron chi connectivity index (χ2n) is 11.1. The molecule has 2 saturated carbocycles. The lowest BCUT2D eigenvalue weighted by Crippen LogP contribution is -2.51. The monoisotopic (exact) mass is 507 g/mol. The quantitative estimate of drug-likeness (QED) is 0.573. The zero-order valence-corrected chi connectivity index (χ0v) is 20.8. The Morgan fingerprint density at radius 1 is 1.28 bits per heavy atom. The number of carbonyl (C=O) groups excluding carboxylic acids is 3. The smallest absolute Gasteiger partial charge is 0.271 e. The molecule has 3 amide bonds. The van der Waals surface area contributed by atoms with Gasteiger partial charge in [-0.3, -0.25) is 14.4 Å². The fraction of sp³-hybridized carbons (Fsp3) is 0.556. The molecular formula is C27H30ClN5O3. The fourth-order valence-corrected chi connectivity index (χ4v) is 6.97. The highest BCUT2D eigenvalue weighted by atomic mass is 35.5. The number of H-pyrrole nitrogens is 1.